The monoisotopic (exact) mass is 488 g/mol. The van der Waals surface area contributed by atoms with Gasteiger partial charge in [0.15, 0.2) is 12.0 Å². The summed E-state index contributed by atoms with van der Waals surface area (Å²) in [6.07, 6.45) is -0.615. The normalized spacial score (nSPS) is 15.9. The van der Waals surface area contributed by atoms with Gasteiger partial charge in [0.05, 0.1) is 23.1 Å². The van der Waals surface area contributed by atoms with Crippen molar-refractivity contribution in [2.75, 3.05) is 18.4 Å². The van der Waals surface area contributed by atoms with Crippen LogP contribution >= 0.6 is 0 Å². The molecule has 4 aromatic rings. The summed E-state index contributed by atoms with van der Waals surface area (Å²) in [5.41, 5.74) is 2.81. The van der Waals surface area contributed by atoms with Crippen molar-refractivity contribution in [3.05, 3.63) is 60.0 Å². The second-order valence-corrected chi connectivity index (χ2v) is 8.37. The van der Waals surface area contributed by atoms with Crippen LogP contribution in [-0.2, 0) is 0 Å². The van der Waals surface area contributed by atoms with E-state index in [2.05, 4.69) is 30.4 Å². The van der Waals surface area contributed by atoms with Crippen molar-refractivity contribution in [3.8, 4) is 17.2 Å². The van der Waals surface area contributed by atoms with Crippen LogP contribution in [0.5, 0.6) is 5.75 Å². The van der Waals surface area contributed by atoms with Gasteiger partial charge in [0.1, 0.15) is 12.0 Å². The van der Waals surface area contributed by atoms with Gasteiger partial charge in [-0.25, -0.2) is 9.50 Å². The maximum atomic E-state index is 13.1. The number of rotatable bonds is 6. The quantitative estimate of drug-likeness (QED) is 0.347. The number of nitrogens with zero attached hydrogens (tertiary/aromatic N) is 4. The smallest absolute Gasteiger partial charge is 0.444 e. The molecule has 0 saturated carbocycles. The van der Waals surface area contributed by atoms with Crippen molar-refractivity contribution in [1.29, 1.82) is 0 Å². The van der Waals surface area contributed by atoms with Crippen LogP contribution < -0.4 is 15.4 Å². The van der Waals surface area contributed by atoms with Crippen LogP contribution in [0.4, 0.5) is 18.9 Å². The topological polar surface area (TPSA) is 110 Å². The average Bonchev–Trinajstić information content (AvgIpc) is 3.46. The summed E-state index contributed by atoms with van der Waals surface area (Å²) in [5, 5.41) is 21.1. The van der Waals surface area contributed by atoms with Gasteiger partial charge in [-0.15, -0.1) is 13.2 Å². The third-order valence-electron chi connectivity index (χ3n) is 5.80. The molecule has 0 radical (unpaired) electrons. The first-order chi connectivity index (χ1) is 16.7. The fourth-order valence-electron chi connectivity index (χ4n) is 4.12. The zero-order valence-electron chi connectivity index (χ0n) is 18.7. The molecule has 12 heteroatoms. The number of aliphatic hydroxyl groups is 1. The fraction of sp³-hybridized carbons (Fsp3) is 0.348. The minimum absolute atomic E-state index is 0.0663. The largest absolute Gasteiger partial charge is 0.573 e. The van der Waals surface area contributed by atoms with Gasteiger partial charge in [-0.2, -0.15) is 5.10 Å². The van der Waals surface area contributed by atoms with Gasteiger partial charge in [-0.05, 0) is 57.1 Å². The molecular formula is C23H23F3N6O3. The number of piperidine rings is 1. The summed E-state index contributed by atoms with van der Waals surface area (Å²) in [6.45, 7) is 3.53. The van der Waals surface area contributed by atoms with Crippen LogP contribution in [0.1, 0.15) is 42.1 Å². The molecule has 0 bridgehead atoms. The standard InChI is InChI=1S/C23H23F3N6O3/c1-13-8-15(4-7-28-13)22-30-19(12-34-22)21(33)29-18-10-16-9-17(14-2-5-27-6-3-14)31-32(16)11-20(18)35-23(24,25)26/h4,7-12,14,21,27,29,33H,2-3,5-6H2,1H3. The number of ether oxygens (including phenoxy) is 1. The second-order valence-electron chi connectivity index (χ2n) is 8.37. The number of pyridine rings is 2. The van der Waals surface area contributed by atoms with E-state index in [4.69, 9.17) is 4.42 Å². The van der Waals surface area contributed by atoms with E-state index >= 15 is 0 Å². The van der Waals surface area contributed by atoms with Gasteiger partial charge in [0.2, 0.25) is 5.89 Å². The molecule has 1 saturated heterocycles. The predicted octanol–water partition coefficient (Wildman–Crippen LogP) is 4.16. The molecule has 0 amide bonds. The molecule has 1 atom stereocenters. The van der Waals surface area contributed by atoms with E-state index in [1.807, 2.05) is 13.0 Å². The molecule has 9 nitrogen and oxygen atoms in total. The number of halogens is 3. The minimum atomic E-state index is -4.93. The first-order valence-electron chi connectivity index (χ1n) is 11.1. The molecule has 0 aromatic carbocycles. The Balaban J connectivity index is 1.44. The average molecular weight is 488 g/mol. The highest BCUT2D eigenvalue weighted by atomic mass is 19.4. The third-order valence-corrected chi connectivity index (χ3v) is 5.80. The number of anilines is 1. The lowest BCUT2D eigenvalue weighted by molar-refractivity contribution is -0.274. The lowest BCUT2D eigenvalue weighted by atomic mass is 9.95. The van der Waals surface area contributed by atoms with E-state index in [1.165, 1.54) is 16.8 Å². The Kier molecular flexibility index (Phi) is 6.07. The van der Waals surface area contributed by atoms with Gasteiger partial charge in [0, 0.05) is 23.4 Å². The van der Waals surface area contributed by atoms with E-state index in [1.54, 1.807) is 18.3 Å². The summed E-state index contributed by atoms with van der Waals surface area (Å²) < 4.78 is 50.4. The van der Waals surface area contributed by atoms with Gasteiger partial charge in [0.25, 0.3) is 0 Å². The molecule has 4 aromatic heterocycles. The Morgan fingerprint density at radius 3 is 2.80 bits per heavy atom. The predicted molar refractivity (Wildman–Crippen MR) is 120 cm³/mol. The molecule has 1 aliphatic rings. The maximum absolute atomic E-state index is 13.1. The van der Waals surface area contributed by atoms with Crippen LogP contribution in [0.15, 0.2) is 47.3 Å². The van der Waals surface area contributed by atoms with Crippen LogP contribution in [0.2, 0.25) is 0 Å². The molecule has 3 N–H and O–H groups in total. The molecule has 5 heterocycles. The molecule has 0 aliphatic carbocycles. The van der Waals surface area contributed by atoms with Crippen molar-refractivity contribution in [1.82, 2.24) is 24.9 Å². The first-order valence-corrected chi connectivity index (χ1v) is 11.1. The van der Waals surface area contributed by atoms with Crippen LogP contribution in [0.25, 0.3) is 17.0 Å². The van der Waals surface area contributed by atoms with E-state index in [9.17, 15) is 18.3 Å². The Morgan fingerprint density at radius 1 is 1.26 bits per heavy atom. The lowest BCUT2D eigenvalue weighted by Gasteiger charge is -2.20. The summed E-state index contributed by atoms with van der Waals surface area (Å²) in [6, 6.07) is 6.75. The van der Waals surface area contributed by atoms with E-state index < -0.39 is 18.3 Å². The van der Waals surface area contributed by atoms with Gasteiger partial charge in [-0.1, -0.05) is 0 Å². The minimum Gasteiger partial charge on any atom is -0.444 e. The highest BCUT2D eigenvalue weighted by molar-refractivity contribution is 5.66. The number of nitrogens with one attached hydrogen (secondary N) is 2. The maximum Gasteiger partial charge on any atom is 0.573 e. The zero-order valence-corrected chi connectivity index (χ0v) is 18.7. The SMILES string of the molecule is Cc1cc(-c2nc(C(O)Nc3cc4cc(C5CCNCC5)nn4cc3OC(F)(F)F)co2)ccn1. The van der Waals surface area contributed by atoms with Crippen LogP contribution in [0, 0.1) is 6.92 Å². The highest BCUT2D eigenvalue weighted by Gasteiger charge is 2.33. The molecule has 1 unspecified atom stereocenters. The molecule has 0 spiro atoms. The van der Waals surface area contributed by atoms with E-state index in [-0.39, 0.29) is 23.2 Å². The molecular weight excluding hydrogens is 465 g/mol. The van der Waals surface area contributed by atoms with Gasteiger partial charge in [-0.3, -0.25) is 4.98 Å². The number of hydrogen-bond donors (Lipinski definition) is 3. The van der Waals surface area contributed by atoms with Crippen LogP contribution in [0.3, 0.4) is 0 Å². The Labute approximate surface area is 198 Å². The van der Waals surface area contributed by atoms with Gasteiger partial charge < -0.3 is 24.9 Å². The van der Waals surface area contributed by atoms with Gasteiger partial charge >= 0.3 is 6.36 Å². The van der Waals surface area contributed by atoms with Crippen molar-refractivity contribution in [2.45, 2.75) is 38.3 Å². The summed E-state index contributed by atoms with van der Waals surface area (Å²) in [7, 11) is 0. The molecule has 35 heavy (non-hydrogen) atoms. The number of hydrogen-bond acceptors (Lipinski definition) is 8. The molecule has 1 aliphatic heterocycles. The molecule has 1 fully saturated rings. The Bertz CT molecular complexity index is 1330. The number of aromatic nitrogens is 4. The molecule has 184 valence electrons. The van der Waals surface area contributed by atoms with E-state index in [0.29, 0.717) is 11.1 Å². The number of alkyl halides is 3. The molecule has 5 rings (SSSR count). The Morgan fingerprint density at radius 2 is 2.06 bits per heavy atom. The van der Waals surface area contributed by atoms with Crippen molar-refractivity contribution in [3.63, 3.8) is 0 Å². The zero-order chi connectivity index (χ0) is 24.6. The second kappa shape index (κ2) is 9.19. The number of oxazole rings is 1. The lowest BCUT2D eigenvalue weighted by Crippen LogP contribution is -2.26. The summed E-state index contributed by atoms with van der Waals surface area (Å²) in [4.78, 5) is 8.37. The number of aryl methyl sites for hydroxylation is 1. The Hall–Kier alpha value is -3.64. The fourth-order valence-corrected chi connectivity index (χ4v) is 4.12. The van der Waals surface area contributed by atoms with Crippen LogP contribution in [-0.4, -0.2) is 44.1 Å². The first kappa shape index (κ1) is 23.1. The summed E-state index contributed by atoms with van der Waals surface area (Å²) >= 11 is 0. The highest BCUT2D eigenvalue weighted by Crippen LogP contribution is 2.35. The summed E-state index contributed by atoms with van der Waals surface area (Å²) in [5.74, 6) is -0.0658. The third kappa shape index (κ3) is 5.23. The van der Waals surface area contributed by atoms with Crippen molar-refractivity contribution < 1.29 is 27.4 Å². The van der Waals surface area contributed by atoms with Crippen molar-refractivity contribution >= 4 is 11.2 Å². The van der Waals surface area contributed by atoms with E-state index in [0.717, 1.165) is 43.5 Å². The van der Waals surface area contributed by atoms with Crippen molar-refractivity contribution in [2.24, 2.45) is 0 Å². The number of fused-ring (bicyclic) bond motifs is 1. The number of aliphatic hydroxyl groups excluding tert-OH is 1.